The zero-order valence-corrected chi connectivity index (χ0v) is 6.23. The normalized spacial score (nSPS) is 59.2. The molecule has 2 bridgehead atoms. The number of hydrogen-bond acceptors (Lipinski definition) is 4. The lowest BCUT2D eigenvalue weighted by Gasteiger charge is -2.22. The highest BCUT2D eigenvalue weighted by atomic mass is 16.8. The van der Waals surface area contributed by atoms with Crippen molar-refractivity contribution in [2.45, 2.75) is 30.7 Å². The van der Waals surface area contributed by atoms with E-state index in [0.29, 0.717) is 6.61 Å². The third kappa shape index (κ3) is 0.727. The number of epoxide rings is 1. The summed E-state index contributed by atoms with van der Waals surface area (Å²) in [7, 11) is 1.69. The van der Waals surface area contributed by atoms with Gasteiger partial charge in [0, 0.05) is 7.11 Å². The molecule has 3 rings (SSSR count). The summed E-state index contributed by atoms with van der Waals surface area (Å²) < 4.78 is 21.4. The van der Waals surface area contributed by atoms with E-state index in [1.807, 2.05) is 0 Å². The predicted octanol–water partition coefficient (Wildman–Crippen LogP) is -0.476. The fraction of sp³-hybridized carbons (Fsp3) is 1.00. The summed E-state index contributed by atoms with van der Waals surface area (Å²) in [5.74, 6) is 0. The first-order chi connectivity index (χ1) is 5.40. The van der Waals surface area contributed by atoms with Crippen LogP contribution in [0.15, 0.2) is 0 Å². The summed E-state index contributed by atoms with van der Waals surface area (Å²) >= 11 is 0. The second kappa shape index (κ2) is 1.95. The molecule has 3 fully saturated rings. The van der Waals surface area contributed by atoms with Crippen molar-refractivity contribution in [1.82, 2.24) is 0 Å². The topological polar surface area (TPSA) is 40.2 Å². The van der Waals surface area contributed by atoms with Crippen LogP contribution < -0.4 is 0 Å². The molecule has 3 saturated heterocycles. The van der Waals surface area contributed by atoms with E-state index in [-0.39, 0.29) is 30.7 Å². The maximum Gasteiger partial charge on any atom is 0.187 e. The van der Waals surface area contributed by atoms with Gasteiger partial charge in [-0.05, 0) is 0 Å². The molecule has 4 heteroatoms. The van der Waals surface area contributed by atoms with Crippen LogP contribution in [0.5, 0.6) is 0 Å². The van der Waals surface area contributed by atoms with Crippen molar-refractivity contribution in [3.63, 3.8) is 0 Å². The van der Waals surface area contributed by atoms with Crippen LogP contribution in [0.25, 0.3) is 0 Å². The molecule has 5 atom stereocenters. The Bertz CT molecular complexity index is 183. The molecule has 0 unspecified atom stereocenters. The molecule has 0 amide bonds. The Hall–Kier alpha value is -0.160. The molecule has 0 spiro atoms. The van der Waals surface area contributed by atoms with Crippen molar-refractivity contribution in [3.8, 4) is 0 Å². The molecule has 3 aliphatic heterocycles. The zero-order chi connectivity index (χ0) is 7.42. The molecule has 4 nitrogen and oxygen atoms in total. The Balaban J connectivity index is 1.85. The first kappa shape index (κ1) is 6.37. The van der Waals surface area contributed by atoms with E-state index in [0.717, 1.165) is 0 Å². The second-order valence-corrected chi connectivity index (χ2v) is 3.14. The van der Waals surface area contributed by atoms with Crippen LogP contribution in [0.2, 0.25) is 0 Å². The van der Waals surface area contributed by atoms with Gasteiger partial charge in [-0.2, -0.15) is 0 Å². The molecule has 0 N–H and O–H groups in total. The Labute approximate surface area is 64.4 Å². The third-order valence-corrected chi connectivity index (χ3v) is 2.53. The molecule has 0 aromatic rings. The summed E-state index contributed by atoms with van der Waals surface area (Å²) in [6, 6.07) is 0. The standard InChI is InChI=1S/C7H10O4/c1-8-4-3-2-9-7(10-3)6-5(4)11-6/h3-7H,2H2,1H3/t3-,4-,5+,6-,7-/m1/s1. The fourth-order valence-electron chi connectivity index (χ4n) is 1.90. The van der Waals surface area contributed by atoms with E-state index in [2.05, 4.69) is 0 Å². The average Bonchev–Trinajstić information content (AvgIpc) is 2.69. The quantitative estimate of drug-likeness (QED) is 0.483. The molecule has 0 aromatic heterocycles. The largest absolute Gasteiger partial charge is 0.376 e. The molecule has 0 radical (unpaired) electrons. The van der Waals surface area contributed by atoms with Crippen molar-refractivity contribution in [3.05, 3.63) is 0 Å². The van der Waals surface area contributed by atoms with Gasteiger partial charge in [0.15, 0.2) is 6.29 Å². The average molecular weight is 158 g/mol. The molecule has 3 aliphatic rings. The second-order valence-electron chi connectivity index (χ2n) is 3.14. The Morgan fingerprint density at radius 1 is 1.27 bits per heavy atom. The molecule has 0 aromatic carbocycles. The molecule has 3 heterocycles. The molecule has 0 saturated carbocycles. The maximum absolute atomic E-state index is 5.48. The highest BCUT2D eigenvalue weighted by Gasteiger charge is 2.61. The van der Waals surface area contributed by atoms with Crippen LogP contribution in [-0.2, 0) is 18.9 Å². The summed E-state index contributed by atoms with van der Waals surface area (Å²) in [6.45, 7) is 0.652. The van der Waals surface area contributed by atoms with E-state index in [9.17, 15) is 0 Å². The van der Waals surface area contributed by atoms with Gasteiger partial charge in [0.1, 0.15) is 24.4 Å². The summed E-state index contributed by atoms with van der Waals surface area (Å²) in [5, 5.41) is 0. The van der Waals surface area contributed by atoms with Gasteiger partial charge in [-0.3, -0.25) is 0 Å². The molecule has 11 heavy (non-hydrogen) atoms. The van der Waals surface area contributed by atoms with Crippen LogP contribution in [0.1, 0.15) is 0 Å². The van der Waals surface area contributed by atoms with Gasteiger partial charge in [-0.1, -0.05) is 0 Å². The Morgan fingerprint density at radius 2 is 2.18 bits per heavy atom. The molecule has 0 aliphatic carbocycles. The summed E-state index contributed by atoms with van der Waals surface area (Å²) in [4.78, 5) is 0. The van der Waals surface area contributed by atoms with Crippen LogP contribution in [-0.4, -0.2) is 44.4 Å². The summed E-state index contributed by atoms with van der Waals surface area (Å²) in [5.41, 5.74) is 0. The van der Waals surface area contributed by atoms with Crippen LogP contribution in [0.3, 0.4) is 0 Å². The fourth-order valence-corrected chi connectivity index (χ4v) is 1.90. The van der Waals surface area contributed by atoms with Crippen LogP contribution in [0, 0.1) is 0 Å². The third-order valence-electron chi connectivity index (χ3n) is 2.53. The number of methoxy groups -OCH3 is 1. The van der Waals surface area contributed by atoms with Gasteiger partial charge in [-0.15, -0.1) is 0 Å². The van der Waals surface area contributed by atoms with E-state index in [1.165, 1.54) is 0 Å². The number of fused-ring (bicyclic) bond motifs is 4. The Kier molecular flexibility index (Phi) is 1.13. The molecular weight excluding hydrogens is 148 g/mol. The first-order valence-corrected chi connectivity index (χ1v) is 3.85. The van der Waals surface area contributed by atoms with Gasteiger partial charge in [0.25, 0.3) is 0 Å². The van der Waals surface area contributed by atoms with Crippen molar-refractivity contribution in [1.29, 1.82) is 0 Å². The molecular formula is C7H10O4. The minimum atomic E-state index is -0.114. The first-order valence-electron chi connectivity index (χ1n) is 3.85. The van der Waals surface area contributed by atoms with Crippen molar-refractivity contribution >= 4 is 0 Å². The SMILES string of the molecule is CO[C@H]1[C@@H]2O[C@H]2[C@@H]2OC[C@H]1O2. The summed E-state index contributed by atoms with van der Waals surface area (Å²) in [6.07, 6.45) is 0.425. The number of ether oxygens (including phenoxy) is 4. The monoisotopic (exact) mass is 158 g/mol. The van der Waals surface area contributed by atoms with Crippen molar-refractivity contribution < 1.29 is 18.9 Å². The van der Waals surface area contributed by atoms with Gasteiger partial charge >= 0.3 is 0 Å². The highest BCUT2D eigenvalue weighted by molar-refractivity contribution is 5.04. The predicted molar refractivity (Wildman–Crippen MR) is 34.1 cm³/mol. The lowest BCUT2D eigenvalue weighted by atomic mass is 10.1. The minimum Gasteiger partial charge on any atom is -0.376 e. The van der Waals surface area contributed by atoms with Crippen LogP contribution >= 0.6 is 0 Å². The van der Waals surface area contributed by atoms with E-state index >= 15 is 0 Å². The van der Waals surface area contributed by atoms with Gasteiger partial charge in [0.2, 0.25) is 0 Å². The number of rotatable bonds is 1. The van der Waals surface area contributed by atoms with E-state index in [1.54, 1.807) is 7.11 Å². The van der Waals surface area contributed by atoms with Gasteiger partial charge in [0.05, 0.1) is 6.61 Å². The lowest BCUT2D eigenvalue weighted by Crippen LogP contribution is -2.41. The molecule has 62 valence electrons. The maximum atomic E-state index is 5.48. The van der Waals surface area contributed by atoms with Crippen LogP contribution in [0.4, 0.5) is 0 Å². The number of hydrogen-bond donors (Lipinski definition) is 0. The Morgan fingerprint density at radius 3 is 3.00 bits per heavy atom. The zero-order valence-electron chi connectivity index (χ0n) is 6.23. The highest BCUT2D eigenvalue weighted by Crippen LogP contribution is 2.42. The minimum absolute atomic E-state index is 0.0822. The van der Waals surface area contributed by atoms with Crippen molar-refractivity contribution in [2.24, 2.45) is 0 Å². The van der Waals surface area contributed by atoms with E-state index < -0.39 is 0 Å². The van der Waals surface area contributed by atoms with Crippen molar-refractivity contribution in [2.75, 3.05) is 13.7 Å². The van der Waals surface area contributed by atoms with Gasteiger partial charge < -0.3 is 18.9 Å². The van der Waals surface area contributed by atoms with Gasteiger partial charge in [-0.25, -0.2) is 0 Å². The smallest absolute Gasteiger partial charge is 0.187 e. The lowest BCUT2D eigenvalue weighted by molar-refractivity contribution is -0.110. The van der Waals surface area contributed by atoms with E-state index in [4.69, 9.17) is 18.9 Å².